The van der Waals surface area contributed by atoms with E-state index in [9.17, 15) is 18.0 Å². The van der Waals surface area contributed by atoms with Crippen molar-refractivity contribution in [3.8, 4) is 0 Å². The molecule has 0 N–H and O–H groups in total. The van der Waals surface area contributed by atoms with Crippen LogP contribution < -0.4 is 0 Å². The Kier molecular flexibility index (Phi) is 6.28. The standard InChI is InChI=1S/C19H21NO5S/c1-4-14-8-10-15(11-9-14)18(21)13-25-19(22)16-6-5-7-17(12-16)26(23,24)20(2)3/h5-12H,4,13H2,1-3H3. The Morgan fingerprint density at radius 1 is 1.00 bits per heavy atom. The maximum absolute atomic E-state index is 12.1. The number of sulfonamides is 1. The number of hydrogen-bond donors (Lipinski definition) is 0. The summed E-state index contributed by atoms with van der Waals surface area (Å²) in [4.78, 5) is 24.2. The van der Waals surface area contributed by atoms with E-state index >= 15 is 0 Å². The molecule has 0 aromatic heterocycles. The zero-order valence-corrected chi connectivity index (χ0v) is 15.7. The molecule has 2 rings (SSSR count). The zero-order chi connectivity index (χ0) is 19.3. The zero-order valence-electron chi connectivity index (χ0n) is 14.9. The van der Waals surface area contributed by atoms with Gasteiger partial charge >= 0.3 is 5.97 Å². The number of carbonyl (C=O) groups excluding carboxylic acids is 2. The van der Waals surface area contributed by atoms with E-state index in [1.54, 1.807) is 12.1 Å². The van der Waals surface area contributed by atoms with E-state index in [1.807, 2.05) is 19.1 Å². The first-order chi connectivity index (χ1) is 12.3. The molecule has 0 amide bonds. The molecule has 0 aliphatic heterocycles. The molecule has 0 spiro atoms. The van der Waals surface area contributed by atoms with Gasteiger partial charge in [0.25, 0.3) is 0 Å². The van der Waals surface area contributed by atoms with Crippen LogP contribution in [0.5, 0.6) is 0 Å². The van der Waals surface area contributed by atoms with Crippen LogP contribution in [0.15, 0.2) is 53.4 Å². The molecule has 26 heavy (non-hydrogen) atoms. The first kappa shape index (κ1) is 19.8. The molecule has 0 atom stereocenters. The minimum absolute atomic E-state index is 0.0153. The second-order valence-electron chi connectivity index (χ2n) is 5.87. The van der Waals surface area contributed by atoms with Gasteiger partial charge in [0, 0.05) is 19.7 Å². The molecule has 0 fully saturated rings. The Balaban J connectivity index is 2.07. The van der Waals surface area contributed by atoms with Crippen molar-refractivity contribution in [3.63, 3.8) is 0 Å². The fourth-order valence-electron chi connectivity index (χ4n) is 2.22. The third kappa shape index (κ3) is 4.56. The van der Waals surface area contributed by atoms with Crippen molar-refractivity contribution in [2.24, 2.45) is 0 Å². The number of aryl methyl sites for hydroxylation is 1. The monoisotopic (exact) mass is 375 g/mol. The summed E-state index contributed by atoms with van der Waals surface area (Å²) in [5.74, 6) is -1.07. The Morgan fingerprint density at radius 3 is 2.23 bits per heavy atom. The van der Waals surface area contributed by atoms with Gasteiger partial charge in [-0.2, -0.15) is 0 Å². The maximum atomic E-state index is 12.1. The second kappa shape index (κ2) is 8.25. The molecule has 0 saturated carbocycles. The van der Waals surface area contributed by atoms with Crippen LogP contribution in [0.3, 0.4) is 0 Å². The van der Waals surface area contributed by atoms with E-state index in [0.717, 1.165) is 16.3 Å². The molecule has 0 heterocycles. The summed E-state index contributed by atoms with van der Waals surface area (Å²) in [7, 11) is -0.844. The quantitative estimate of drug-likeness (QED) is 0.549. The van der Waals surface area contributed by atoms with Gasteiger partial charge < -0.3 is 4.74 Å². The van der Waals surface area contributed by atoms with Crippen molar-refractivity contribution in [1.82, 2.24) is 4.31 Å². The molecule has 0 bridgehead atoms. The average Bonchev–Trinajstić information content (AvgIpc) is 2.65. The van der Waals surface area contributed by atoms with Crippen LogP contribution in [0.1, 0.15) is 33.2 Å². The predicted octanol–water partition coefficient (Wildman–Crippen LogP) is 2.54. The van der Waals surface area contributed by atoms with Gasteiger partial charge in [-0.3, -0.25) is 4.79 Å². The first-order valence-corrected chi connectivity index (χ1v) is 9.51. The minimum atomic E-state index is -3.66. The summed E-state index contributed by atoms with van der Waals surface area (Å²) in [6, 6.07) is 12.6. The van der Waals surface area contributed by atoms with Crippen molar-refractivity contribution in [1.29, 1.82) is 0 Å². The number of benzene rings is 2. The van der Waals surface area contributed by atoms with Gasteiger partial charge in [-0.05, 0) is 30.2 Å². The van der Waals surface area contributed by atoms with Gasteiger partial charge in [0.1, 0.15) is 0 Å². The van der Waals surface area contributed by atoms with Gasteiger partial charge in [0.05, 0.1) is 10.5 Å². The molecule has 138 valence electrons. The number of nitrogens with zero attached hydrogens (tertiary/aromatic N) is 1. The number of esters is 1. The van der Waals surface area contributed by atoms with E-state index in [2.05, 4.69) is 0 Å². The minimum Gasteiger partial charge on any atom is -0.454 e. The molecule has 0 unspecified atom stereocenters. The van der Waals surface area contributed by atoms with Crippen LogP contribution in [0.2, 0.25) is 0 Å². The smallest absolute Gasteiger partial charge is 0.338 e. The van der Waals surface area contributed by atoms with Crippen LogP contribution in [0.4, 0.5) is 0 Å². The Labute approximate surface area is 153 Å². The normalized spacial score (nSPS) is 11.4. The van der Waals surface area contributed by atoms with Gasteiger partial charge in [-0.25, -0.2) is 17.5 Å². The number of rotatable bonds is 7. The third-order valence-electron chi connectivity index (χ3n) is 3.87. The number of hydrogen-bond acceptors (Lipinski definition) is 5. The molecule has 0 aliphatic rings. The van der Waals surface area contributed by atoms with Gasteiger partial charge in [-0.1, -0.05) is 37.3 Å². The second-order valence-corrected chi connectivity index (χ2v) is 8.02. The highest BCUT2D eigenvalue weighted by Crippen LogP contribution is 2.16. The Bertz CT molecular complexity index is 902. The summed E-state index contributed by atoms with van der Waals surface area (Å²) in [5, 5.41) is 0. The van der Waals surface area contributed by atoms with Crippen LogP contribution in [-0.4, -0.2) is 45.2 Å². The lowest BCUT2D eigenvalue weighted by molar-refractivity contribution is 0.0474. The SMILES string of the molecule is CCc1ccc(C(=O)COC(=O)c2cccc(S(=O)(=O)N(C)C)c2)cc1. The molecule has 0 aliphatic carbocycles. The third-order valence-corrected chi connectivity index (χ3v) is 5.68. The van der Waals surface area contributed by atoms with Crippen LogP contribution in [0, 0.1) is 0 Å². The summed E-state index contributed by atoms with van der Waals surface area (Å²) < 4.78 is 30.3. The van der Waals surface area contributed by atoms with Crippen molar-refractivity contribution >= 4 is 21.8 Å². The fraction of sp³-hybridized carbons (Fsp3) is 0.263. The predicted molar refractivity (Wildman–Crippen MR) is 97.7 cm³/mol. The number of ether oxygens (including phenoxy) is 1. The molecule has 2 aromatic rings. The largest absolute Gasteiger partial charge is 0.454 e. The van der Waals surface area contributed by atoms with Crippen LogP contribution in [0.25, 0.3) is 0 Å². The maximum Gasteiger partial charge on any atom is 0.338 e. The van der Waals surface area contributed by atoms with E-state index in [0.29, 0.717) is 5.56 Å². The van der Waals surface area contributed by atoms with E-state index in [4.69, 9.17) is 4.74 Å². The first-order valence-electron chi connectivity index (χ1n) is 8.07. The lowest BCUT2D eigenvalue weighted by atomic mass is 10.1. The Morgan fingerprint density at radius 2 is 1.65 bits per heavy atom. The van der Waals surface area contributed by atoms with E-state index in [1.165, 1.54) is 38.4 Å². The molecule has 0 radical (unpaired) electrons. The molecule has 7 heteroatoms. The summed E-state index contributed by atoms with van der Waals surface area (Å²) in [5.41, 5.74) is 1.64. The number of Topliss-reactive ketones (excluding diaryl/α,β-unsaturated/α-hetero) is 1. The van der Waals surface area contributed by atoms with Gasteiger partial charge in [0.15, 0.2) is 12.4 Å². The summed E-state index contributed by atoms with van der Waals surface area (Å²) in [6.45, 7) is 1.61. The Hall–Kier alpha value is -2.51. The van der Waals surface area contributed by atoms with Gasteiger partial charge in [-0.15, -0.1) is 0 Å². The highest BCUT2D eigenvalue weighted by atomic mass is 32.2. The topological polar surface area (TPSA) is 80.8 Å². The molecule has 6 nitrogen and oxygen atoms in total. The van der Waals surface area contributed by atoms with Crippen LogP contribution >= 0.6 is 0 Å². The van der Waals surface area contributed by atoms with E-state index in [-0.39, 0.29) is 16.2 Å². The number of carbonyl (C=O) groups is 2. The molecular formula is C19H21NO5S. The highest BCUT2D eigenvalue weighted by molar-refractivity contribution is 7.89. The van der Waals surface area contributed by atoms with Crippen molar-refractivity contribution in [2.45, 2.75) is 18.2 Å². The average molecular weight is 375 g/mol. The lowest BCUT2D eigenvalue weighted by Gasteiger charge is -2.12. The highest BCUT2D eigenvalue weighted by Gasteiger charge is 2.19. The molecular weight excluding hydrogens is 354 g/mol. The lowest BCUT2D eigenvalue weighted by Crippen LogP contribution is -2.22. The molecule has 0 saturated heterocycles. The van der Waals surface area contributed by atoms with Crippen molar-refractivity contribution in [2.75, 3.05) is 20.7 Å². The van der Waals surface area contributed by atoms with Crippen molar-refractivity contribution < 1.29 is 22.7 Å². The molecule has 2 aromatic carbocycles. The number of ketones is 1. The van der Waals surface area contributed by atoms with Crippen molar-refractivity contribution in [3.05, 3.63) is 65.2 Å². The van der Waals surface area contributed by atoms with Crippen LogP contribution in [-0.2, 0) is 21.2 Å². The van der Waals surface area contributed by atoms with Gasteiger partial charge in [0.2, 0.25) is 10.0 Å². The fourth-order valence-corrected chi connectivity index (χ4v) is 3.17. The summed E-state index contributed by atoms with van der Waals surface area (Å²) in [6.07, 6.45) is 0.871. The van der Waals surface area contributed by atoms with E-state index < -0.39 is 22.6 Å². The summed E-state index contributed by atoms with van der Waals surface area (Å²) >= 11 is 0.